The van der Waals surface area contributed by atoms with Gasteiger partial charge in [-0.2, -0.15) is 0 Å². The van der Waals surface area contributed by atoms with Crippen molar-refractivity contribution in [3.63, 3.8) is 0 Å². The first-order valence-corrected chi connectivity index (χ1v) is 12.0. The van der Waals surface area contributed by atoms with Gasteiger partial charge in [-0.05, 0) is 48.9 Å². The lowest BCUT2D eigenvalue weighted by atomic mass is 10.0. The third-order valence-corrected chi connectivity index (χ3v) is 5.73. The van der Waals surface area contributed by atoms with Crippen LogP contribution in [0.5, 0.6) is 5.75 Å². The van der Waals surface area contributed by atoms with Crippen molar-refractivity contribution < 1.29 is 14.3 Å². The number of aromatic nitrogens is 2. The highest BCUT2D eigenvalue weighted by Crippen LogP contribution is 2.26. The van der Waals surface area contributed by atoms with Gasteiger partial charge in [0.1, 0.15) is 18.2 Å². The van der Waals surface area contributed by atoms with E-state index in [4.69, 9.17) is 14.5 Å². The summed E-state index contributed by atoms with van der Waals surface area (Å²) in [6, 6.07) is 16.6. The zero-order valence-electron chi connectivity index (χ0n) is 20.2. The van der Waals surface area contributed by atoms with E-state index in [1.165, 1.54) is 18.2 Å². The second kappa shape index (κ2) is 13.0. The fraction of sp³-hybridized carbons (Fsp3) is 0.481. The number of nitrogens with zero attached hydrogens (tertiary/aromatic N) is 2. The summed E-state index contributed by atoms with van der Waals surface area (Å²) in [5.74, 6) is 2.50. The second-order valence-corrected chi connectivity index (χ2v) is 8.66. The van der Waals surface area contributed by atoms with Crippen LogP contribution in [-0.2, 0) is 22.5 Å². The molecule has 33 heavy (non-hydrogen) atoms. The lowest BCUT2D eigenvalue weighted by molar-refractivity contribution is -0.124. The first-order chi connectivity index (χ1) is 16.1. The van der Waals surface area contributed by atoms with Crippen molar-refractivity contribution in [2.45, 2.75) is 58.4 Å². The predicted octanol–water partition coefficient (Wildman–Crippen LogP) is 5.10. The molecule has 0 atom stereocenters. The first kappa shape index (κ1) is 24.8. The highest BCUT2D eigenvalue weighted by molar-refractivity contribution is 5.77. The van der Waals surface area contributed by atoms with E-state index >= 15 is 0 Å². The minimum absolute atomic E-state index is 0.0578. The molecule has 0 unspecified atom stereocenters. The number of amides is 1. The Balaban J connectivity index is 1.52. The van der Waals surface area contributed by atoms with Crippen molar-refractivity contribution in [3.05, 3.63) is 59.9 Å². The molecule has 3 rings (SSSR count). The Morgan fingerprint density at radius 3 is 2.64 bits per heavy atom. The van der Waals surface area contributed by atoms with Crippen molar-refractivity contribution in [2.75, 3.05) is 26.9 Å². The van der Waals surface area contributed by atoms with Gasteiger partial charge in [0.2, 0.25) is 5.91 Å². The average molecular weight is 452 g/mol. The predicted molar refractivity (Wildman–Crippen MR) is 133 cm³/mol. The monoisotopic (exact) mass is 451 g/mol. The number of para-hydroxylation sites is 3. The van der Waals surface area contributed by atoms with Gasteiger partial charge in [-0.25, -0.2) is 4.98 Å². The molecule has 178 valence electrons. The molecule has 1 heterocycles. The number of ether oxygens (including phenoxy) is 2. The normalized spacial score (nSPS) is 11.3. The highest BCUT2D eigenvalue weighted by atomic mass is 16.5. The molecule has 0 aliphatic heterocycles. The van der Waals surface area contributed by atoms with Gasteiger partial charge in [-0.3, -0.25) is 4.79 Å². The number of rotatable bonds is 14. The SMILES string of the molecule is COCC(=O)NCCCCCc1nc2ccccc2n1CCCOc1ccccc1C(C)C. The van der Waals surface area contributed by atoms with Crippen LogP contribution >= 0.6 is 0 Å². The molecule has 0 fully saturated rings. The molecule has 1 aromatic heterocycles. The van der Waals surface area contributed by atoms with Gasteiger partial charge in [0.15, 0.2) is 0 Å². The second-order valence-electron chi connectivity index (χ2n) is 8.66. The van der Waals surface area contributed by atoms with E-state index in [1.54, 1.807) is 0 Å². The quantitative estimate of drug-likeness (QED) is 0.346. The van der Waals surface area contributed by atoms with Crippen molar-refractivity contribution in [3.8, 4) is 5.75 Å². The van der Waals surface area contributed by atoms with Crippen LogP contribution in [-0.4, -0.2) is 42.3 Å². The molecular weight excluding hydrogens is 414 g/mol. The van der Waals surface area contributed by atoms with Gasteiger partial charge < -0.3 is 19.4 Å². The lowest BCUT2D eigenvalue weighted by Gasteiger charge is -2.14. The molecule has 6 heteroatoms. The zero-order chi connectivity index (χ0) is 23.5. The van der Waals surface area contributed by atoms with Crippen molar-refractivity contribution in [1.29, 1.82) is 0 Å². The molecular formula is C27H37N3O3. The van der Waals surface area contributed by atoms with E-state index in [0.29, 0.717) is 19.1 Å². The van der Waals surface area contributed by atoms with E-state index in [1.807, 2.05) is 12.1 Å². The van der Waals surface area contributed by atoms with Crippen LogP contribution in [0.3, 0.4) is 0 Å². The molecule has 0 aliphatic rings. The Kier molecular flexibility index (Phi) is 9.76. The third-order valence-electron chi connectivity index (χ3n) is 5.73. The summed E-state index contributed by atoms with van der Waals surface area (Å²) in [4.78, 5) is 16.3. The number of benzene rings is 2. The maximum Gasteiger partial charge on any atom is 0.245 e. The van der Waals surface area contributed by atoms with Crippen molar-refractivity contribution in [2.24, 2.45) is 0 Å². The van der Waals surface area contributed by atoms with Gasteiger partial charge in [-0.1, -0.05) is 50.6 Å². The minimum Gasteiger partial charge on any atom is -0.493 e. The van der Waals surface area contributed by atoms with Crippen LogP contribution in [0.25, 0.3) is 11.0 Å². The Bertz CT molecular complexity index is 1010. The van der Waals surface area contributed by atoms with E-state index in [0.717, 1.165) is 55.7 Å². The van der Waals surface area contributed by atoms with Crippen LogP contribution in [0.4, 0.5) is 0 Å². The van der Waals surface area contributed by atoms with Crippen LogP contribution in [0.2, 0.25) is 0 Å². The third kappa shape index (κ3) is 7.32. The number of carbonyl (C=O) groups is 1. The molecule has 0 bridgehead atoms. The van der Waals surface area contributed by atoms with Crippen LogP contribution < -0.4 is 10.1 Å². The Morgan fingerprint density at radius 2 is 1.82 bits per heavy atom. The topological polar surface area (TPSA) is 65.4 Å². The Hall–Kier alpha value is -2.86. The summed E-state index contributed by atoms with van der Waals surface area (Å²) in [6.07, 6.45) is 4.90. The number of nitrogens with one attached hydrogen (secondary N) is 1. The molecule has 3 aromatic rings. The molecule has 0 spiro atoms. The molecule has 1 N–H and O–H groups in total. The van der Waals surface area contributed by atoms with E-state index in [2.05, 4.69) is 60.1 Å². The molecule has 0 saturated carbocycles. The lowest BCUT2D eigenvalue weighted by Crippen LogP contribution is -2.27. The summed E-state index contributed by atoms with van der Waals surface area (Å²) in [6.45, 7) is 6.76. The number of hydrogen-bond acceptors (Lipinski definition) is 4. The minimum atomic E-state index is -0.0578. The molecule has 6 nitrogen and oxygen atoms in total. The number of imidazole rings is 1. The smallest absolute Gasteiger partial charge is 0.245 e. The maximum absolute atomic E-state index is 11.4. The standard InChI is InChI=1S/C27H37N3O3/c1-21(2)22-12-6-9-15-25(22)33-19-11-18-30-24-14-8-7-13-23(24)29-26(30)16-5-4-10-17-28-27(31)20-32-3/h6-9,12-15,21H,4-5,10-11,16-20H2,1-3H3,(H,28,31). The van der Waals surface area contributed by atoms with E-state index in [9.17, 15) is 4.79 Å². The molecule has 2 aromatic carbocycles. The Morgan fingerprint density at radius 1 is 1.03 bits per heavy atom. The van der Waals surface area contributed by atoms with Gasteiger partial charge >= 0.3 is 0 Å². The van der Waals surface area contributed by atoms with Gasteiger partial charge in [-0.15, -0.1) is 0 Å². The first-order valence-electron chi connectivity index (χ1n) is 12.0. The van der Waals surface area contributed by atoms with Crippen LogP contribution in [0, 0.1) is 0 Å². The Labute approximate surface area is 197 Å². The summed E-state index contributed by atoms with van der Waals surface area (Å²) < 4.78 is 13.3. The number of carbonyl (C=O) groups excluding carboxylic acids is 1. The average Bonchev–Trinajstić information content (AvgIpc) is 3.16. The van der Waals surface area contributed by atoms with E-state index in [-0.39, 0.29) is 12.5 Å². The summed E-state index contributed by atoms with van der Waals surface area (Å²) >= 11 is 0. The van der Waals surface area contributed by atoms with Crippen molar-refractivity contribution in [1.82, 2.24) is 14.9 Å². The largest absolute Gasteiger partial charge is 0.493 e. The molecule has 0 radical (unpaired) electrons. The summed E-state index contributed by atoms with van der Waals surface area (Å²) in [7, 11) is 1.53. The summed E-state index contributed by atoms with van der Waals surface area (Å²) in [5, 5.41) is 2.88. The van der Waals surface area contributed by atoms with Crippen molar-refractivity contribution >= 4 is 16.9 Å². The molecule has 1 amide bonds. The fourth-order valence-corrected chi connectivity index (χ4v) is 4.05. The highest BCUT2D eigenvalue weighted by Gasteiger charge is 2.11. The van der Waals surface area contributed by atoms with E-state index < -0.39 is 0 Å². The van der Waals surface area contributed by atoms with Crippen LogP contribution in [0.1, 0.15) is 56.8 Å². The number of fused-ring (bicyclic) bond motifs is 1. The van der Waals surface area contributed by atoms with Gasteiger partial charge in [0, 0.05) is 26.6 Å². The molecule has 0 aliphatic carbocycles. The number of hydrogen-bond donors (Lipinski definition) is 1. The van der Waals surface area contributed by atoms with Gasteiger partial charge in [0.25, 0.3) is 0 Å². The maximum atomic E-state index is 11.4. The summed E-state index contributed by atoms with van der Waals surface area (Å²) in [5.41, 5.74) is 3.48. The number of unbranched alkanes of at least 4 members (excludes halogenated alkanes) is 2. The zero-order valence-corrected chi connectivity index (χ0v) is 20.2. The number of methoxy groups -OCH3 is 1. The molecule has 0 saturated heterocycles. The number of aryl methyl sites for hydroxylation is 2. The fourth-order valence-electron chi connectivity index (χ4n) is 4.05. The van der Waals surface area contributed by atoms with Gasteiger partial charge in [0.05, 0.1) is 17.6 Å². The van der Waals surface area contributed by atoms with Crippen LogP contribution in [0.15, 0.2) is 48.5 Å².